The molecule has 1 aromatic rings. The Labute approximate surface area is 139 Å². The first kappa shape index (κ1) is 20.2. The second-order valence-electron chi connectivity index (χ2n) is 6.07. The molecule has 122 valence electrons. The van der Waals surface area contributed by atoms with Crippen molar-refractivity contribution in [1.82, 2.24) is 14.7 Å². The average Bonchev–Trinajstić information content (AvgIpc) is 2.92. The fourth-order valence-corrected chi connectivity index (χ4v) is 2.79. The van der Waals surface area contributed by atoms with E-state index in [4.69, 9.17) is 5.73 Å². The van der Waals surface area contributed by atoms with Gasteiger partial charge in [0, 0.05) is 18.8 Å². The molecule has 1 aliphatic heterocycles. The van der Waals surface area contributed by atoms with Gasteiger partial charge in [0.05, 0.1) is 5.69 Å². The molecular weight excluding hydrogens is 311 g/mol. The third-order valence-corrected chi connectivity index (χ3v) is 4.13. The van der Waals surface area contributed by atoms with Gasteiger partial charge in [-0.15, -0.1) is 24.8 Å². The van der Waals surface area contributed by atoms with E-state index in [0.29, 0.717) is 6.54 Å². The molecule has 1 amide bonds. The summed E-state index contributed by atoms with van der Waals surface area (Å²) >= 11 is 0. The first-order valence-corrected chi connectivity index (χ1v) is 6.88. The Balaban J connectivity index is 0.00000200. The summed E-state index contributed by atoms with van der Waals surface area (Å²) in [5, 5.41) is 4.40. The summed E-state index contributed by atoms with van der Waals surface area (Å²) in [5.74, 6) is 0.142. The molecule has 0 spiro atoms. The number of nitrogens with two attached hydrogens (primary N) is 1. The van der Waals surface area contributed by atoms with Gasteiger partial charge in [-0.25, -0.2) is 0 Å². The van der Waals surface area contributed by atoms with Gasteiger partial charge in [0.25, 0.3) is 0 Å². The third kappa shape index (κ3) is 4.11. The molecule has 1 aromatic heterocycles. The quantitative estimate of drug-likeness (QED) is 0.919. The van der Waals surface area contributed by atoms with Crippen molar-refractivity contribution in [3.8, 4) is 0 Å². The molecule has 1 aliphatic rings. The number of likely N-dealkylation sites (tertiary alicyclic amines) is 1. The smallest absolute Gasteiger partial charge is 0.247 e. The fraction of sp³-hybridized carbons (Fsp3) is 0.714. The van der Waals surface area contributed by atoms with Crippen LogP contribution in [-0.4, -0.2) is 40.2 Å². The summed E-state index contributed by atoms with van der Waals surface area (Å²) in [6.07, 6.45) is 0.985. The van der Waals surface area contributed by atoms with Crippen LogP contribution in [0.25, 0.3) is 0 Å². The monoisotopic (exact) mass is 336 g/mol. The Morgan fingerprint density at radius 2 is 2.10 bits per heavy atom. The van der Waals surface area contributed by atoms with Crippen molar-refractivity contribution in [3.63, 3.8) is 0 Å². The highest BCUT2D eigenvalue weighted by molar-refractivity contribution is 5.85. The summed E-state index contributed by atoms with van der Waals surface area (Å²) in [7, 11) is 0. The van der Waals surface area contributed by atoms with E-state index in [-0.39, 0.29) is 42.2 Å². The molecule has 2 N–H and O–H groups in total. The first-order chi connectivity index (χ1) is 8.86. The van der Waals surface area contributed by atoms with Crippen molar-refractivity contribution < 1.29 is 4.79 Å². The summed E-state index contributed by atoms with van der Waals surface area (Å²) in [6, 6.07) is 1.76. The van der Waals surface area contributed by atoms with Gasteiger partial charge in [-0.1, -0.05) is 6.92 Å². The number of rotatable bonds is 3. The SMILES string of the molecule is Cc1cc(C)n(C(C)C(=O)N2CCC(C)(CN)C2)n1.Cl.Cl. The Bertz CT molecular complexity index is 491. The van der Waals surface area contributed by atoms with Gasteiger partial charge < -0.3 is 10.6 Å². The summed E-state index contributed by atoms with van der Waals surface area (Å²) in [5.41, 5.74) is 7.84. The number of carbonyl (C=O) groups is 1. The topological polar surface area (TPSA) is 64.2 Å². The lowest BCUT2D eigenvalue weighted by atomic mass is 9.90. The van der Waals surface area contributed by atoms with Crippen LogP contribution >= 0.6 is 24.8 Å². The van der Waals surface area contributed by atoms with Crippen LogP contribution in [0, 0.1) is 19.3 Å². The standard InChI is InChI=1S/C14H24N4O.2ClH/c1-10-7-11(2)18(16-10)12(3)13(19)17-6-5-14(4,8-15)9-17;;/h7,12H,5-6,8-9,15H2,1-4H3;2*1H. The second-order valence-corrected chi connectivity index (χ2v) is 6.07. The lowest BCUT2D eigenvalue weighted by molar-refractivity contribution is -0.133. The summed E-state index contributed by atoms with van der Waals surface area (Å²) in [4.78, 5) is 14.5. The van der Waals surface area contributed by atoms with E-state index in [1.807, 2.05) is 36.4 Å². The molecular formula is C14H26Cl2N4O. The summed E-state index contributed by atoms with van der Waals surface area (Å²) in [6.45, 7) is 10.2. The van der Waals surface area contributed by atoms with Crippen molar-refractivity contribution in [1.29, 1.82) is 0 Å². The van der Waals surface area contributed by atoms with Crippen molar-refractivity contribution in [3.05, 3.63) is 17.5 Å². The van der Waals surface area contributed by atoms with Crippen molar-refractivity contribution >= 4 is 30.7 Å². The molecule has 2 rings (SSSR count). The van der Waals surface area contributed by atoms with Crippen molar-refractivity contribution in [2.75, 3.05) is 19.6 Å². The Morgan fingerprint density at radius 1 is 1.48 bits per heavy atom. The minimum absolute atomic E-state index is 0. The number of hydrogen-bond acceptors (Lipinski definition) is 3. The maximum Gasteiger partial charge on any atom is 0.247 e. The van der Waals surface area contributed by atoms with E-state index in [1.165, 1.54) is 0 Å². The van der Waals surface area contributed by atoms with E-state index < -0.39 is 0 Å². The molecule has 0 bridgehead atoms. The minimum Gasteiger partial charge on any atom is -0.340 e. The van der Waals surface area contributed by atoms with Crippen molar-refractivity contribution in [2.45, 2.75) is 40.2 Å². The van der Waals surface area contributed by atoms with E-state index in [9.17, 15) is 4.79 Å². The highest BCUT2D eigenvalue weighted by Gasteiger charge is 2.36. The molecule has 1 saturated heterocycles. The Kier molecular flexibility index (Phi) is 7.20. The highest BCUT2D eigenvalue weighted by atomic mass is 35.5. The maximum atomic E-state index is 12.5. The second kappa shape index (κ2) is 7.47. The number of amides is 1. The number of aryl methyl sites for hydroxylation is 2. The van der Waals surface area contributed by atoms with Crippen LogP contribution in [0.1, 0.15) is 37.7 Å². The molecule has 0 saturated carbocycles. The number of aromatic nitrogens is 2. The normalized spacial score (nSPS) is 22.4. The third-order valence-electron chi connectivity index (χ3n) is 4.13. The lowest BCUT2D eigenvalue weighted by Gasteiger charge is -2.25. The summed E-state index contributed by atoms with van der Waals surface area (Å²) < 4.78 is 1.82. The zero-order valence-corrected chi connectivity index (χ0v) is 14.8. The minimum atomic E-state index is -0.242. The predicted molar refractivity (Wildman–Crippen MR) is 89.3 cm³/mol. The van der Waals surface area contributed by atoms with Crippen LogP contribution in [0.15, 0.2) is 6.07 Å². The van der Waals surface area contributed by atoms with E-state index in [2.05, 4.69) is 12.0 Å². The van der Waals surface area contributed by atoms with Crippen LogP contribution in [-0.2, 0) is 4.79 Å². The molecule has 21 heavy (non-hydrogen) atoms. The first-order valence-electron chi connectivity index (χ1n) is 6.88. The number of halogens is 2. The number of nitrogens with zero attached hydrogens (tertiary/aromatic N) is 3. The Morgan fingerprint density at radius 3 is 2.52 bits per heavy atom. The van der Waals surface area contributed by atoms with Gasteiger partial charge in [-0.2, -0.15) is 5.10 Å². The molecule has 1 fully saturated rings. The van der Waals surface area contributed by atoms with Gasteiger partial charge in [0.1, 0.15) is 6.04 Å². The van der Waals surface area contributed by atoms with Crippen LogP contribution in [0.4, 0.5) is 0 Å². The van der Waals surface area contributed by atoms with E-state index in [0.717, 1.165) is 30.9 Å². The predicted octanol–water partition coefficient (Wildman–Crippen LogP) is 2.10. The largest absolute Gasteiger partial charge is 0.340 e. The number of carbonyl (C=O) groups excluding carboxylic acids is 1. The van der Waals surface area contributed by atoms with Gasteiger partial charge in [-0.05, 0) is 45.2 Å². The lowest BCUT2D eigenvalue weighted by Crippen LogP contribution is -2.38. The molecule has 5 nitrogen and oxygen atoms in total. The van der Waals surface area contributed by atoms with Crippen molar-refractivity contribution in [2.24, 2.45) is 11.1 Å². The van der Waals surface area contributed by atoms with Gasteiger partial charge in [-0.3, -0.25) is 9.48 Å². The highest BCUT2D eigenvalue weighted by Crippen LogP contribution is 2.30. The molecule has 2 unspecified atom stereocenters. The molecule has 0 aliphatic carbocycles. The van der Waals surface area contributed by atoms with E-state index >= 15 is 0 Å². The molecule has 0 radical (unpaired) electrons. The zero-order chi connectivity index (χ0) is 14.2. The van der Waals surface area contributed by atoms with Crippen LogP contribution in [0.5, 0.6) is 0 Å². The molecule has 0 aromatic carbocycles. The Hall–Kier alpha value is -0.780. The van der Waals surface area contributed by atoms with Gasteiger partial charge >= 0.3 is 0 Å². The van der Waals surface area contributed by atoms with Crippen LogP contribution in [0.2, 0.25) is 0 Å². The number of hydrogen-bond donors (Lipinski definition) is 1. The maximum absolute atomic E-state index is 12.5. The van der Waals surface area contributed by atoms with E-state index in [1.54, 1.807) is 0 Å². The van der Waals surface area contributed by atoms with Gasteiger partial charge in [0.15, 0.2) is 0 Å². The van der Waals surface area contributed by atoms with Crippen LogP contribution < -0.4 is 5.73 Å². The zero-order valence-electron chi connectivity index (χ0n) is 13.1. The van der Waals surface area contributed by atoms with Gasteiger partial charge in [0.2, 0.25) is 5.91 Å². The molecule has 2 atom stereocenters. The molecule has 2 heterocycles. The molecule has 7 heteroatoms. The fourth-order valence-electron chi connectivity index (χ4n) is 2.79. The van der Waals surface area contributed by atoms with Crippen LogP contribution in [0.3, 0.4) is 0 Å². The average molecular weight is 337 g/mol.